The molecular weight excluding hydrogens is 142 g/mol. The first-order valence-electron chi connectivity index (χ1n) is 3.82. The average molecular weight is 155 g/mol. The molecule has 0 aromatic carbocycles. The minimum absolute atomic E-state index is 0.475. The first-order chi connectivity index (χ1) is 5.25. The number of aryl methyl sites for hydroxylation is 1. The van der Waals surface area contributed by atoms with Crippen LogP contribution in [-0.4, -0.2) is 20.1 Å². The zero-order valence-corrected chi connectivity index (χ0v) is 6.86. The topological polar surface area (TPSA) is 50.9 Å². The third-order valence-electron chi connectivity index (χ3n) is 1.51. The van der Waals surface area contributed by atoms with Crippen molar-refractivity contribution >= 4 is 0 Å². The van der Waals surface area contributed by atoms with Crippen molar-refractivity contribution in [1.82, 2.24) is 15.0 Å². The number of hydrogen-bond acceptors (Lipinski definition) is 3. The summed E-state index contributed by atoms with van der Waals surface area (Å²) in [4.78, 5) is 0. The molecule has 11 heavy (non-hydrogen) atoms. The lowest BCUT2D eigenvalue weighted by atomic mass is 10.3. The van der Waals surface area contributed by atoms with Crippen LogP contribution in [0.3, 0.4) is 0 Å². The van der Waals surface area contributed by atoms with E-state index in [0.717, 1.165) is 18.7 Å². The molecule has 62 valence electrons. The Morgan fingerprint density at radius 2 is 2.45 bits per heavy atom. The van der Waals surface area contributed by atoms with Gasteiger partial charge in [-0.2, -0.15) is 0 Å². The van der Waals surface area contributed by atoms with Crippen molar-refractivity contribution in [3.63, 3.8) is 0 Å². The summed E-state index contributed by atoms with van der Waals surface area (Å²) in [5, 5.41) is 16.8. The largest absolute Gasteiger partial charge is 0.387 e. The van der Waals surface area contributed by atoms with Gasteiger partial charge in [0.15, 0.2) is 0 Å². The Hall–Kier alpha value is -0.900. The Kier molecular flexibility index (Phi) is 2.59. The van der Waals surface area contributed by atoms with Crippen LogP contribution in [-0.2, 0) is 6.54 Å². The second-order valence-corrected chi connectivity index (χ2v) is 2.56. The predicted molar refractivity (Wildman–Crippen MR) is 40.9 cm³/mol. The summed E-state index contributed by atoms with van der Waals surface area (Å²) >= 11 is 0. The molecule has 0 aliphatic heterocycles. The van der Waals surface area contributed by atoms with Crippen molar-refractivity contribution in [2.24, 2.45) is 0 Å². The van der Waals surface area contributed by atoms with E-state index in [2.05, 4.69) is 17.2 Å². The van der Waals surface area contributed by atoms with Crippen LogP contribution in [0.25, 0.3) is 0 Å². The van der Waals surface area contributed by atoms with Crippen molar-refractivity contribution in [3.8, 4) is 0 Å². The molecule has 1 aromatic heterocycles. The van der Waals surface area contributed by atoms with Gasteiger partial charge in [0.2, 0.25) is 0 Å². The molecule has 4 heteroatoms. The highest BCUT2D eigenvalue weighted by atomic mass is 16.3. The van der Waals surface area contributed by atoms with Gasteiger partial charge in [0.25, 0.3) is 0 Å². The lowest BCUT2D eigenvalue weighted by Gasteiger charge is -2.05. The van der Waals surface area contributed by atoms with E-state index in [1.54, 1.807) is 17.8 Å². The van der Waals surface area contributed by atoms with E-state index in [9.17, 15) is 5.11 Å². The summed E-state index contributed by atoms with van der Waals surface area (Å²) in [6.45, 7) is 4.60. The molecule has 0 saturated carbocycles. The van der Waals surface area contributed by atoms with Crippen molar-refractivity contribution in [3.05, 3.63) is 11.9 Å². The quantitative estimate of drug-likeness (QED) is 0.700. The normalized spacial score (nSPS) is 13.4. The maximum atomic E-state index is 9.22. The van der Waals surface area contributed by atoms with Gasteiger partial charge in [0, 0.05) is 6.54 Å². The van der Waals surface area contributed by atoms with E-state index in [-0.39, 0.29) is 0 Å². The third-order valence-corrected chi connectivity index (χ3v) is 1.51. The molecule has 0 aliphatic carbocycles. The zero-order valence-electron chi connectivity index (χ0n) is 6.86. The molecular formula is C7H13N3O. The van der Waals surface area contributed by atoms with E-state index in [1.165, 1.54) is 0 Å². The summed E-state index contributed by atoms with van der Waals surface area (Å²) < 4.78 is 1.73. The highest BCUT2D eigenvalue weighted by Crippen LogP contribution is 2.08. The van der Waals surface area contributed by atoms with Gasteiger partial charge < -0.3 is 5.11 Å². The molecule has 0 saturated heterocycles. The maximum Gasteiger partial charge on any atom is 0.0945 e. The van der Waals surface area contributed by atoms with Crippen LogP contribution < -0.4 is 0 Å². The molecule has 1 aromatic rings. The third kappa shape index (κ3) is 1.77. The Balaban J connectivity index is 2.78. The predicted octanol–water partition coefficient (Wildman–Crippen LogP) is 0.741. The molecule has 0 unspecified atom stereocenters. The molecule has 0 aliphatic rings. The second-order valence-electron chi connectivity index (χ2n) is 2.56. The molecule has 0 fully saturated rings. The van der Waals surface area contributed by atoms with Gasteiger partial charge in [-0.1, -0.05) is 12.1 Å². The van der Waals surface area contributed by atoms with E-state index >= 15 is 0 Å². The van der Waals surface area contributed by atoms with Gasteiger partial charge in [-0.3, -0.25) is 0 Å². The standard InChI is InChI=1S/C7H13N3O/c1-3-4-10-7(6(2)11)5-8-9-10/h5-6,11H,3-4H2,1-2H3/t6-/m1/s1. The lowest BCUT2D eigenvalue weighted by molar-refractivity contribution is 0.187. The molecule has 1 rings (SSSR count). The number of nitrogens with zero attached hydrogens (tertiary/aromatic N) is 3. The fraction of sp³-hybridized carbons (Fsp3) is 0.714. The van der Waals surface area contributed by atoms with Crippen molar-refractivity contribution < 1.29 is 5.11 Å². The van der Waals surface area contributed by atoms with E-state index in [0.29, 0.717) is 0 Å². The summed E-state index contributed by atoms with van der Waals surface area (Å²) in [5.41, 5.74) is 0.784. The van der Waals surface area contributed by atoms with Crippen LogP contribution in [0.5, 0.6) is 0 Å². The minimum atomic E-state index is -0.475. The van der Waals surface area contributed by atoms with Gasteiger partial charge >= 0.3 is 0 Å². The summed E-state index contributed by atoms with van der Waals surface area (Å²) in [6, 6.07) is 0. The smallest absolute Gasteiger partial charge is 0.0945 e. The number of rotatable bonds is 3. The molecule has 4 nitrogen and oxygen atoms in total. The molecule has 0 spiro atoms. The Morgan fingerprint density at radius 3 is 3.00 bits per heavy atom. The molecule has 0 amide bonds. The number of aromatic nitrogens is 3. The fourth-order valence-corrected chi connectivity index (χ4v) is 0.975. The van der Waals surface area contributed by atoms with E-state index in [4.69, 9.17) is 0 Å². The Labute approximate surface area is 65.8 Å². The Bertz CT molecular complexity index is 219. The van der Waals surface area contributed by atoms with Crippen LogP contribution >= 0.6 is 0 Å². The second kappa shape index (κ2) is 3.48. The van der Waals surface area contributed by atoms with Crippen LogP contribution in [0, 0.1) is 0 Å². The molecule has 1 N–H and O–H groups in total. The van der Waals surface area contributed by atoms with Crippen LogP contribution in [0.1, 0.15) is 32.1 Å². The van der Waals surface area contributed by atoms with E-state index in [1.807, 2.05) is 0 Å². The SMILES string of the molecule is CCCn1nncc1[C@@H](C)O. The van der Waals surface area contributed by atoms with Gasteiger partial charge in [-0.25, -0.2) is 4.68 Å². The van der Waals surface area contributed by atoms with Crippen LogP contribution in [0.4, 0.5) is 0 Å². The maximum absolute atomic E-state index is 9.22. The van der Waals surface area contributed by atoms with Crippen molar-refractivity contribution in [1.29, 1.82) is 0 Å². The first-order valence-corrected chi connectivity index (χ1v) is 3.82. The van der Waals surface area contributed by atoms with Crippen molar-refractivity contribution in [2.45, 2.75) is 32.9 Å². The van der Waals surface area contributed by atoms with Gasteiger partial charge in [0.05, 0.1) is 18.0 Å². The fourth-order valence-electron chi connectivity index (χ4n) is 0.975. The zero-order chi connectivity index (χ0) is 8.27. The molecule has 0 bridgehead atoms. The van der Waals surface area contributed by atoms with Crippen LogP contribution in [0.15, 0.2) is 6.20 Å². The molecule has 1 heterocycles. The molecule has 1 atom stereocenters. The first kappa shape index (κ1) is 8.20. The van der Waals surface area contributed by atoms with Gasteiger partial charge in [-0.05, 0) is 13.3 Å². The van der Waals surface area contributed by atoms with E-state index < -0.39 is 6.10 Å². The Morgan fingerprint density at radius 1 is 1.73 bits per heavy atom. The summed E-state index contributed by atoms with van der Waals surface area (Å²) in [6.07, 6.45) is 2.13. The van der Waals surface area contributed by atoms with Gasteiger partial charge in [0.1, 0.15) is 0 Å². The van der Waals surface area contributed by atoms with Crippen molar-refractivity contribution in [2.75, 3.05) is 0 Å². The molecule has 0 radical (unpaired) electrons. The minimum Gasteiger partial charge on any atom is -0.387 e. The number of hydrogen-bond donors (Lipinski definition) is 1. The van der Waals surface area contributed by atoms with Gasteiger partial charge in [-0.15, -0.1) is 5.10 Å². The monoisotopic (exact) mass is 155 g/mol. The number of aliphatic hydroxyl groups excluding tert-OH is 1. The average Bonchev–Trinajstić information content (AvgIpc) is 2.36. The lowest BCUT2D eigenvalue weighted by Crippen LogP contribution is -2.06. The highest BCUT2D eigenvalue weighted by molar-refractivity contribution is 4.96. The number of aliphatic hydroxyl groups is 1. The summed E-state index contributed by atoms with van der Waals surface area (Å²) in [5.74, 6) is 0. The highest BCUT2D eigenvalue weighted by Gasteiger charge is 2.07. The summed E-state index contributed by atoms with van der Waals surface area (Å²) in [7, 11) is 0. The van der Waals surface area contributed by atoms with Crippen LogP contribution in [0.2, 0.25) is 0 Å².